The van der Waals surface area contributed by atoms with Crippen LogP contribution in [0.5, 0.6) is 5.75 Å². The zero-order chi connectivity index (χ0) is 12.3. The molecule has 4 heteroatoms. The molecule has 88 valence electrons. The summed E-state index contributed by atoms with van der Waals surface area (Å²) >= 11 is 11.6. The minimum Gasteiger partial charge on any atom is -0.486 e. The molecule has 0 radical (unpaired) electrons. The second-order valence-electron chi connectivity index (χ2n) is 4.54. The molecule has 0 spiro atoms. The summed E-state index contributed by atoms with van der Waals surface area (Å²) in [4.78, 5) is 11.6. The summed E-state index contributed by atoms with van der Waals surface area (Å²) in [6.45, 7) is 5.61. The molecule has 0 aliphatic carbocycles. The Morgan fingerprint density at radius 2 is 1.88 bits per heavy atom. The molecule has 0 unspecified atom stereocenters. The van der Waals surface area contributed by atoms with Gasteiger partial charge in [0.2, 0.25) is 0 Å². The molecule has 0 amide bonds. The Kier molecular flexibility index (Phi) is 4.22. The molecule has 16 heavy (non-hydrogen) atoms. The largest absolute Gasteiger partial charge is 0.486 e. The molecule has 0 saturated carbocycles. The molecule has 1 aromatic carbocycles. The summed E-state index contributed by atoms with van der Waals surface area (Å²) in [7, 11) is 0. The van der Waals surface area contributed by atoms with Crippen LogP contribution in [0, 0.1) is 5.41 Å². The lowest BCUT2D eigenvalue weighted by Gasteiger charge is -2.16. The van der Waals surface area contributed by atoms with Crippen molar-refractivity contribution in [2.24, 2.45) is 5.41 Å². The van der Waals surface area contributed by atoms with E-state index in [9.17, 15) is 4.79 Å². The van der Waals surface area contributed by atoms with E-state index in [0.717, 1.165) is 0 Å². The smallest absolute Gasteiger partial charge is 0.175 e. The van der Waals surface area contributed by atoms with Gasteiger partial charge in [0.25, 0.3) is 0 Å². The number of carbonyl (C=O) groups excluding carboxylic acids is 1. The molecule has 1 rings (SSSR count). The molecule has 0 bridgehead atoms. The average molecular weight is 261 g/mol. The normalized spacial score (nSPS) is 11.3. The van der Waals surface area contributed by atoms with Crippen LogP contribution in [0.1, 0.15) is 20.8 Å². The van der Waals surface area contributed by atoms with E-state index in [0.29, 0.717) is 15.8 Å². The van der Waals surface area contributed by atoms with E-state index in [1.807, 2.05) is 20.8 Å². The molecule has 0 saturated heterocycles. The maximum atomic E-state index is 11.6. The monoisotopic (exact) mass is 260 g/mol. The third kappa shape index (κ3) is 3.69. The van der Waals surface area contributed by atoms with Crippen molar-refractivity contribution in [3.05, 3.63) is 28.2 Å². The van der Waals surface area contributed by atoms with E-state index in [4.69, 9.17) is 27.9 Å². The van der Waals surface area contributed by atoms with Gasteiger partial charge in [-0.05, 0) is 12.1 Å². The maximum absolute atomic E-state index is 11.6. The zero-order valence-electron chi connectivity index (χ0n) is 9.51. The topological polar surface area (TPSA) is 26.3 Å². The second-order valence-corrected chi connectivity index (χ2v) is 5.35. The summed E-state index contributed by atoms with van der Waals surface area (Å²) in [5.74, 6) is 0.588. The van der Waals surface area contributed by atoms with Gasteiger partial charge >= 0.3 is 0 Å². The van der Waals surface area contributed by atoms with Crippen molar-refractivity contribution in [3.8, 4) is 5.75 Å². The highest BCUT2D eigenvalue weighted by molar-refractivity contribution is 6.42. The Hall–Kier alpha value is -0.730. The molecule has 0 atom stereocenters. The fourth-order valence-corrected chi connectivity index (χ4v) is 1.22. The quantitative estimate of drug-likeness (QED) is 0.822. The summed E-state index contributed by atoms with van der Waals surface area (Å²) in [5, 5.41) is 0.888. The molecule has 0 heterocycles. The molecular weight excluding hydrogens is 247 g/mol. The minimum atomic E-state index is -0.393. The van der Waals surface area contributed by atoms with Crippen molar-refractivity contribution in [2.45, 2.75) is 20.8 Å². The van der Waals surface area contributed by atoms with Crippen molar-refractivity contribution >= 4 is 29.0 Å². The number of ketones is 1. The average Bonchev–Trinajstić information content (AvgIpc) is 2.18. The first-order chi connectivity index (χ1) is 7.30. The lowest BCUT2D eigenvalue weighted by Crippen LogP contribution is -2.26. The van der Waals surface area contributed by atoms with Crippen LogP contribution in [0.15, 0.2) is 18.2 Å². The number of Topliss-reactive ketones (excluding diaryl/α,β-unsaturated/α-hetero) is 1. The maximum Gasteiger partial charge on any atom is 0.175 e. The van der Waals surface area contributed by atoms with Gasteiger partial charge in [0.05, 0.1) is 10.0 Å². The molecule has 0 N–H and O–H groups in total. The first kappa shape index (κ1) is 13.3. The third-order valence-corrected chi connectivity index (χ3v) is 2.84. The van der Waals surface area contributed by atoms with Crippen molar-refractivity contribution in [1.82, 2.24) is 0 Å². The summed E-state index contributed by atoms with van der Waals surface area (Å²) in [6.07, 6.45) is 0. The highest BCUT2D eigenvalue weighted by atomic mass is 35.5. The Morgan fingerprint density at radius 1 is 1.25 bits per heavy atom. The summed E-state index contributed by atoms with van der Waals surface area (Å²) in [6, 6.07) is 4.92. The number of carbonyl (C=O) groups is 1. The van der Waals surface area contributed by atoms with Crippen LogP contribution in [0.25, 0.3) is 0 Å². The van der Waals surface area contributed by atoms with Crippen molar-refractivity contribution in [2.75, 3.05) is 6.61 Å². The second kappa shape index (κ2) is 5.07. The zero-order valence-corrected chi connectivity index (χ0v) is 11.0. The minimum absolute atomic E-state index is 0.0403. The van der Waals surface area contributed by atoms with Gasteiger partial charge in [0.1, 0.15) is 12.4 Å². The lowest BCUT2D eigenvalue weighted by molar-refractivity contribution is -0.128. The molecule has 0 aliphatic heterocycles. The Balaban J connectivity index is 2.62. The van der Waals surface area contributed by atoms with Gasteiger partial charge in [-0.2, -0.15) is 0 Å². The predicted molar refractivity (Wildman–Crippen MR) is 66.4 cm³/mol. The number of ether oxygens (including phenoxy) is 1. The first-order valence-corrected chi connectivity index (χ1v) is 5.67. The molecule has 2 nitrogen and oxygen atoms in total. The van der Waals surface area contributed by atoms with Crippen molar-refractivity contribution in [3.63, 3.8) is 0 Å². The van der Waals surface area contributed by atoms with Crippen LogP contribution < -0.4 is 4.74 Å². The molecule has 1 aromatic rings. The van der Waals surface area contributed by atoms with Gasteiger partial charge < -0.3 is 4.74 Å². The summed E-state index contributed by atoms with van der Waals surface area (Å²) in [5.41, 5.74) is -0.393. The van der Waals surface area contributed by atoms with E-state index in [1.54, 1.807) is 18.2 Å². The SMILES string of the molecule is CC(C)(C)C(=O)COc1ccc(Cl)c(Cl)c1. The van der Waals surface area contributed by atoms with Crippen LogP contribution in [0.2, 0.25) is 10.0 Å². The Bertz CT molecular complexity index is 394. The van der Waals surface area contributed by atoms with Crippen LogP contribution >= 0.6 is 23.2 Å². The Morgan fingerprint density at radius 3 is 2.38 bits per heavy atom. The number of rotatable bonds is 3. The van der Waals surface area contributed by atoms with Gasteiger partial charge in [-0.1, -0.05) is 44.0 Å². The summed E-state index contributed by atoms with van der Waals surface area (Å²) < 4.78 is 5.34. The third-order valence-electron chi connectivity index (χ3n) is 2.10. The van der Waals surface area contributed by atoms with Gasteiger partial charge in [-0.3, -0.25) is 4.79 Å². The van der Waals surface area contributed by atoms with Gasteiger partial charge in [0, 0.05) is 11.5 Å². The molecular formula is C12H14Cl2O2. The van der Waals surface area contributed by atoms with Gasteiger partial charge in [0.15, 0.2) is 5.78 Å². The molecule has 0 fully saturated rings. The number of halogens is 2. The highest BCUT2D eigenvalue weighted by Gasteiger charge is 2.21. The first-order valence-electron chi connectivity index (χ1n) is 4.92. The van der Waals surface area contributed by atoms with E-state index >= 15 is 0 Å². The van der Waals surface area contributed by atoms with Crippen LogP contribution in [0.3, 0.4) is 0 Å². The number of hydrogen-bond acceptors (Lipinski definition) is 2. The fraction of sp³-hybridized carbons (Fsp3) is 0.417. The molecule has 0 aromatic heterocycles. The molecule has 0 aliphatic rings. The number of hydrogen-bond donors (Lipinski definition) is 0. The van der Waals surface area contributed by atoms with Crippen molar-refractivity contribution in [1.29, 1.82) is 0 Å². The fourth-order valence-electron chi connectivity index (χ4n) is 0.932. The van der Waals surface area contributed by atoms with E-state index in [2.05, 4.69) is 0 Å². The van der Waals surface area contributed by atoms with Crippen LogP contribution in [0.4, 0.5) is 0 Å². The predicted octanol–water partition coefficient (Wildman–Crippen LogP) is 3.99. The van der Waals surface area contributed by atoms with Crippen LogP contribution in [-0.4, -0.2) is 12.4 Å². The number of benzene rings is 1. The van der Waals surface area contributed by atoms with Gasteiger partial charge in [-0.15, -0.1) is 0 Å². The lowest BCUT2D eigenvalue weighted by atomic mass is 9.91. The van der Waals surface area contributed by atoms with E-state index in [-0.39, 0.29) is 12.4 Å². The van der Waals surface area contributed by atoms with Crippen LogP contribution in [-0.2, 0) is 4.79 Å². The highest BCUT2D eigenvalue weighted by Crippen LogP contribution is 2.26. The van der Waals surface area contributed by atoms with Gasteiger partial charge in [-0.25, -0.2) is 0 Å². The van der Waals surface area contributed by atoms with E-state index in [1.165, 1.54) is 0 Å². The standard InChI is InChI=1S/C12H14Cl2O2/c1-12(2,3)11(15)7-16-8-4-5-9(13)10(14)6-8/h4-6H,7H2,1-3H3. The van der Waals surface area contributed by atoms with E-state index < -0.39 is 5.41 Å². The Labute approximate surface area is 106 Å². The van der Waals surface area contributed by atoms with Crippen molar-refractivity contribution < 1.29 is 9.53 Å².